The molecule has 1 amide bonds. The van der Waals surface area contributed by atoms with Gasteiger partial charge in [-0.2, -0.15) is 13.2 Å². The zero-order valence-corrected chi connectivity index (χ0v) is 29.3. The van der Waals surface area contributed by atoms with Crippen LogP contribution in [0.3, 0.4) is 0 Å². The fourth-order valence-corrected chi connectivity index (χ4v) is 8.66. The highest BCUT2D eigenvalue weighted by atomic mass is 32.2. The van der Waals surface area contributed by atoms with Gasteiger partial charge < -0.3 is 15.7 Å². The number of hydrogen-bond donors (Lipinski definition) is 4. The monoisotopic (exact) mass is 744 g/mol. The highest BCUT2D eigenvalue weighted by molar-refractivity contribution is 7.93. The summed E-state index contributed by atoms with van der Waals surface area (Å²) in [6, 6.07) is 24.7. The van der Waals surface area contributed by atoms with Crippen molar-refractivity contribution in [3.8, 4) is 0 Å². The van der Waals surface area contributed by atoms with Crippen molar-refractivity contribution in [1.82, 2.24) is 15.4 Å². The van der Waals surface area contributed by atoms with Crippen molar-refractivity contribution in [2.24, 2.45) is 0 Å². The van der Waals surface area contributed by atoms with Gasteiger partial charge in [0.25, 0.3) is 5.91 Å². The number of anilines is 1. The Morgan fingerprint density at radius 3 is 2.24 bits per heavy atom. The Hall–Kier alpha value is -4.28. The van der Waals surface area contributed by atoms with Gasteiger partial charge in [-0.05, 0) is 60.7 Å². The topological polar surface area (TPSA) is 145 Å². The lowest BCUT2D eigenvalue weighted by Crippen LogP contribution is -2.48. The normalized spacial score (nSPS) is 16.4. The maximum atomic E-state index is 13.9. The van der Waals surface area contributed by atoms with Crippen LogP contribution in [0.15, 0.2) is 108 Å². The average Bonchev–Trinajstić information content (AvgIpc) is 3.46. The van der Waals surface area contributed by atoms with Gasteiger partial charge in [-0.3, -0.25) is 9.10 Å². The molecule has 5 rings (SSSR count). The molecule has 0 spiro atoms. The molecular weight excluding hydrogens is 706 g/mol. The largest absolute Gasteiger partial charge is 0.416 e. The van der Waals surface area contributed by atoms with Gasteiger partial charge >= 0.3 is 6.18 Å². The van der Waals surface area contributed by atoms with E-state index in [1.54, 1.807) is 67.6 Å². The highest BCUT2D eigenvalue weighted by Gasteiger charge is 2.32. The Labute approximate surface area is 295 Å². The first kappa shape index (κ1) is 38.0. The average molecular weight is 745 g/mol. The first-order valence-corrected chi connectivity index (χ1v) is 19.3. The van der Waals surface area contributed by atoms with Crippen LogP contribution in [0.2, 0.25) is 0 Å². The van der Waals surface area contributed by atoms with E-state index >= 15 is 0 Å². The number of nitrogens with one attached hydrogen (secondary N) is 3. The minimum atomic E-state index is -4.51. The zero-order chi connectivity index (χ0) is 36.8. The first-order valence-electron chi connectivity index (χ1n) is 16.2. The number of carbonyl (C=O) groups is 1. The summed E-state index contributed by atoms with van der Waals surface area (Å²) in [6.07, 6.45) is -5.27. The van der Waals surface area contributed by atoms with Crippen molar-refractivity contribution in [2.75, 3.05) is 23.1 Å². The second-order valence-electron chi connectivity index (χ2n) is 12.4. The van der Waals surface area contributed by atoms with Crippen molar-refractivity contribution in [1.29, 1.82) is 0 Å². The van der Waals surface area contributed by atoms with Crippen LogP contribution in [0.5, 0.6) is 0 Å². The molecule has 1 aliphatic rings. The molecule has 51 heavy (non-hydrogen) atoms. The summed E-state index contributed by atoms with van der Waals surface area (Å²) in [4.78, 5) is 13.6. The molecule has 0 aromatic heterocycles. The van der Waals surface area contributed by atoms with Gasteiger partial charge in [-0.1, -0.05) is 78.9 Å². The second kappa shape index (κ2) is 15.9. The Bertz CT molecular complexity index is 2030. The quantitative estimate of drug-likeness (QED) is 0.146. The SMILES string of the molecule is C[C@@H](NS(=O)(=O)c1cc(C(=O)N[C@@H](Cc2ccccc2)[C@H](O)CNCc2cccc(C(F)(F)F)c2)cc(N2CCCS2(=O)=O)c1)c1ccccc1. The number of benzene rings is 4. The van der Waals surface area contributed by atoms with E-state index in [4.69, 9.17) is 0 Å². The fraction of sp³-hybridized carbons (Fsp3) is 0.306. The van der Waals surface area contributed by atoms with E-state index in [0.29, 0.717) is 17.5 Å². The van der Waals surface area contributed by atoms with Gasteiger partial charge in [0, 0.05) is 31.2 Å². The predicted molar refractivity (Wildman–Crippen MR) is 188 cm³/mol. The second-order valence-corrected chi connectivity index (χ2v) is 16.1. The predicted octanol–water partition coefficient (Wildman–Crippen LogP) is 4.78. The van der Waals surface area contributed by atoms with Crippen LogP contribution in [0.1, 0.15) is 52.0 Å². The summed E-state index contributed by atoms with van der Waals surface area (Å²) < 4.78 is 96.4. The lowest BCUT2D eigenvalue weighted by Gasteiger charge is -2.26. The number of rotatable bonds is 14. The molecule has 1 saturated heterocycles. The summed E-state index contributed by atoms with van der Waals surface area (Å²) in [5.74, 6) is -0.896. The number of sulfonamides is 2. The van der Waals surface area contributed by atoms with Crippen molar-refractivity contribution in [2.45, 2.75) is 55.6 Å². The minimum absolute atomic E-state index is 0.00889. The molecule has 10 nitrogen and oxygen atoms in total. The fourth-order valence-electron chi connectivity index (χ4n) is 5.82. The molecule has 0 saturated carbocycles. The summed E-state index contributed by atoms with van der Waals surface area (Å²) in [5.41, 5.74) is 0.862. The Morgan fingerprint density at radius 2 is 1.59 bits per heavy atom. The third-order valence-electron chi connectivity index (χ3n) is 8.50. The van der Waals surface area contributed by atoms with Gasteiger partial charge in [0.1, 0.15) is 0 Å². The van der Waals surface area contributed by atoms with Crippen molar-refractivity contribution in [3.63, 3.8) is 0 Å². The van der Waals surface area contributed by atoms with Crippen LogP contribution in [-0.2, 0) is 39.2 Å². The summed E-state index contributed by atoms with van der Waals surface area (Å²) >= 11 is 0. The number of nitrogens with zero attached hydrogens (tertiary/aromatic N) is 1. The maximum Gasteiger partial charge on any atom is 0.416 e. The summed E-state index contributed by atoms with van der Waals surface area (Å²) in [6.45, 7) is 1.66. The van der Waals surface area contributed by atoms with E-state index in [1.165, 1.54) is 24.3 Å². The number of amides is 1. The van der Waals surface area contributed by atoms with Crippen LogP contribution in [0.4, 0.5) is 18.9 Å². The van der Waals surface area contributed by atoms with Gasteiger partial charge in [0.2, 0.25) is 20.0 Å². The molecule has 1 fully saturated rings. The molecule has 0 radical (unpaired) electrons. The van der Waals surface area contributed by atoms with Crippen molar-refractivity contribution < 1.29 is 39.9 Å². The standard InChI is InChI=1S/C36H39F3N4O6S2/c1-25(28-13-6-3-7-14-28)42-51(48,49)32-21-29(20-31(22-32)43-16-9-17-50(43,46)47)35(45)41-33(19-26-10-4-2-5-11-26)34(44)24-40-23-27-12-8-15-30(18-27)36(37,38)39/h2-8,10-15,18,20-22,25,33-34,40,42,44H,9,16-17,19,23-24H2,1H3,(H,41,45)/t25-,33+,34-/m1/s1. The molecule has 1 heterocycles. The van der Waals surface area contributed by atoms with Crippen molar-refractivity contribution >= 4 is 31.6 Å². The number of alkyl halides is 3. The van der Waals surface area contributed by atoms with Crippen LogP contribution in [-0.4, -0.2) is 58.8 Å². The summed E-state index contributed by atoms with van der Waals surface area (Å²) in [5, 5.41) is 17.0. The van der Waals surface area contributed by atoms with Gasteiger partial charge in [0.05, 0.1) is 34.0 Å². The molecule has 0 unspecified atom stereocenters. The number of halogens is 3. The van der Waals surface area contributed by atoms with E-state index < -0.39 is 55.9 Å². The van der Waals surface area contributed by atoms with Crippen LogP contribution in [0.25, 0.3) is 0 Å². The molecule has 3 atom stereocenters. The lowest BCUT2D eigenvalue weighted by atomic mass is 10.00. The number of aliphatic hydroxyl groups excluding tert-OH is 1. The number of hydrogen-bond acceptors (Lipinski definition) is 7. The molecule has 0 bridgehead atoms. The first-order chi connectivity index (χ1) is 24.1. The highest BCUT2D eigenvalue weighted by Crippen LogP contribution is 2.30. The number of carbonyl (C=O) groups excluding carboxylic acids is 1. The van der Waals surface area contributed by atoms with Gasteiger partial charge in [-0.25, -0.2) is 21.6 Å². The van der Waals surface area contributed by atoms with E-state index in [0.717, 1.165) is 28.1 Å². The van der Waals surface area contributed by atoms with Crippen LogP contribution >= 0.6 is 0 Å². The Balaban J connectivity index is 1.41. The zero-order valence-electron chi connectivity index (χ0n) is 27.7. The molecule has 0 aliphatic carbocycles. The number of aliphatic hydroxyl groups is 1. The maximum absolute atomic E-state index is 13.9. The third kappa shape index (κ3) is 9.95. The van der Waals surface area contributed by atoms with E-state index in [9.17, 15) is 39.9 Å². The Kier molecular flexibility index (Phi) is 11.9. The molecule has 4 N–H and O–H groups in total. The summed E-state index contributed by atoms with van der Waals surface area (Å²) in [7, 11) is -8.03. The lowest BCUT2D eigenvalue weighted by molar-refractivity contribution is -0.137. The molecule has 4 aromatic carbocycles. The smallest absolute Gasteiger partial charge is 0.390 e. The molecule has 272 valence electrons. The third-order valence-corrected chi connectivity index (χ3v) is 11.9. The van der Waals surface area contributed by atoms with Gasteiger partial charge in [0.15, 0.2) is 0 Å². The van der Waals surface area contributed by atoms with Gasteiger partial charge in [-0.15, -0.1) is 0 Å². The van der Waals surface area contributed by atoms with Crippen LogP contribution < -0.4 is 19.7 Å². The molecule has 4 aromatic rings. The minimum Gasteiger partial charge on any atom is -0.390 e. The molecular formula is C36H39F3N4O6S2. The van der Waals surface area contributed by atoms with E-state index in [-0.39, 0.29) is 48.0 Å². The van der Waals surface area contributed by atoms with E-state index in [2.05, 4.69) is 15.4 Å². The van der Waals surface area contributed by atoms with Crippen LogP contribution in [0, 0.1) is 0 Å². The molecule has 1 aliphatic heterocycles. The van der Waals surface area contributed by atoms with E-state index in [1.807, 2.05) is 0 Å². The molecule has 15 heteroatoms. The Morgan fingerprint density at radius 1 is 0.922 bits per heavy atom. The van der Waals surface area contributed by atoms with Crippen molar-refractivity contribution in [3.05, 3.63) is 131 Å².